The van der Waals surface area contributed by atoms with Gasteiger partial charge in [0.2, 0.25) is 0 Å². The third-order valence-corrected chi connectivity index (χ3v) is 6.26. The molecule has 0 aliphatic heterocycles. The van der Waals surface area contributed by atoms with Gasteiger partial charge in [0.05, 0.1) is 22.6 Å². The Hall–Kier alpha value is -4.26. The summed E-state index contributed by atoms with van der Waals surface area (Å²) in [5, 5.41) is 15.8. The lowest BCUT2D eigenvalue weighted by atomic mass is 10.1. The first-order chi connectivity index (χ1) is 17.1. The molecule has 36 heavy (non-hydrogen) atoms. The molecular formula is C23H22F2N4O6S. The number of methoxy groups -OCH3 is 1. The number of hydrogen-bond donors (Lipinski definition) is 2. The Bertz CT molecular complexity index is 1350. The number of nitro groups is 1. The predicted molar refractivity (Wildman–Crippen MR) is 130 cm³/mol. The molecule has 0 unspecified atom stereocenters. The Labute approximate surface area is 205 Å². The SMILES string of the molecule is CC/C(=N\Nc1ccc(S(=O)(=O)Nc2ccc(OC)cc2)cc1[N+](=O)[O-])c1ccc(OC(F)F)cc1. The molecular weight excluding hydrogens is 498 g/mol. The number of nitro benzene ring substituents is 1. The van der Waals surface area contributed by atoms with Crippen LogP contribution in [0.25, 0.3) is 0 Å². The van der Waals surface area contributed by atoms with Gasteiger partial charge in [0.15, 0.2) is 0 Å². The number of sulfonamides is 1. The van der Waals surface area contributed by atoms with Crippen LogP contribution in [0.1, 0.15) is 18.9 Å². The highest BCUT2D eigenvalue weighted by Gasteiger charge is 2.22. The fourth-order valence-electron chi connectivity index (χ4n) is 3.10. The van der Waals surface area contributed by atoms with Gasteiger partial charge in [-0.05, 0) is 72.6 Å². The van der Waals surface area contributed by atoms with Crippen molar-refractivity contribution in [1.82, 2.24) is 0 Å². The molecule has 13 heteroatoms. The number of hydrazone groups is 1. The highest BCUT2D eigenvalue weighted by atomic mass is 32.2. The summed E-state index contributed by atoms with van der Waals surface area (Å²) in [4.78, 5) is 10.6. The van der Waals surface area contributed by atoms with Crippen LogP contribution in [0.4, 0.5) is 25.8 Å². The van der Waals surface area contributed by atoms with E-state index in [1.165, 1.54) is 55.6 Å². The molecule has 0 aliphatic carbocycles. The molecule has 190 valence electrons. The summed E-state index contributed by atoms with van der Waals surface area (Å²) in [7, 11) is -2.65. The highest BCUT2D eigenvalue weighted by molar-refractivity contribution is 7.92. The molecule has 0 atom stereocenters. The van der Waals surface area contributed by atoms with Crippen molar-refractivity contribution >= 4 is 32.8 Å². The molecule has 3 aromatic rings. The molecule has 0 aromatic heterocycles. The van der Waals surface area contributed by atoms with Gasteiger partial charge in [0.25, 0.3) is 15.7 Å². The molecule has 3 rings (SSSR count). The Balaban J connectivity index is 1.83. The number of anilines is 2. The molecule has 0 aliphatic rings. The minimum Gasteiger partial charge on any atom is -0.497 e. The number of ether oxygens (including phenoxy) is 2. The first-order valence-corrected chi connectivity index (χ1v) is 11.9. The summed E-state index contributed by atoms with van der Waals surface area (Å²) in [6.07, 6.45) is 0.411. The third kappa shape index (κ3) is 6.66. The molecule has 0 saturated heterocycles. The standard InChI is InChI=1S/C23H22F2N4O6S/c1-3-20(15-4-8-18(9-5-15)35-23(24)25)26-27-21-13-12-19(14-22(21)29(30)31)36(32,33)28-16-6-10-17(34-2)11-7-16/h4-14,23,27-28H,3H2,1-2H3/b26-20+. The molecule has 0 saturated carbocycles. The maximum atomic E-state index is 12.8. The Morgan fingerprint density at radius 2 is 1.69 bits per heavy atom. The van der Waals surface area contributed by atoms with Crippen LogP contribution in [0.5, 0.6) is 11.5 Å². The molecule has 0 radical (unpaired) electrons. The molecule has 2 N–H and O–H groups in total. The average molecular weight is 521 g/mol. The number of halogens is 2. The molecule has 0 amide bonds. The number of benzene rings is 3. The second kappa shape index (κ2) is 11.4. The summed E-state index contributed by atoms with van der Waals surface area (Å²) in [6.45, 7) is -1.16. The van der Waals surface area contributed by atoms with Crippen LogP contribution < -0.4 is 19.6 Å². The van der Waals surface area contributed by atoms with E-state index < -0.39 is 27.2 Å². The van der Waals surface area contributed by atoms with E-state index in [0.29, 0.717) is 23.4 Å². The van der Waals surface area contributed by atoms with Crippen LogP contribution in [0.2, 0.25) is 0 Å². The predicted octanol–water partition coefficient (Wildman–Crippen LogP) is 5.23. The van der Waals surface area contributed by atoms with E-state index >= 15 is 0 Å². The van der Waals surface area contributed by atoms with Gasteiger partial charge in [-0.2, -0.15) is 13.9 Å². The van der Waals surface area contributed by atoms with E-state index in [-0.39, 0.29) is 22.0 Å². The van der Waals surface area contributed by atoms with Gasteiger partial charge in [0.1, 0.15) is 17.2 Å². The number of nitrogens with zero attached hydrogens (tertiary/aromatic N) is 2. The first kappa shape index (κ1) is 26.3. The summed E-state index contributed by atoms with van der Waals surface area (Å²) < 4.78 is 61.9. The fourth-order valence-corrected chi connectivity index (χ4v) is 4.18. The van der Waals surface area contributed by atoms with E-state index in [0.717, 1.165) is 6.07 Å². The third-order valence-electron chi connectivity index (χ3n) is 4.88. The van der Waals surface area contributed by atoms with E-state index in [9.17, 15) is 27.3 Å². The van der Waals surface area contributed by atoms with Gasteiger partial charge in [-0.15, -0.1) is 0 Å². The number of alkyl halides is 2. The van der Waals surface area contributed by atoms with Crippen LogP contribution in [0.3, 0.4) is 0 Å². The lowest BCUT2D eigenvalue weighted by Gasteiger charge is -2.11. The number of rotatable bonds is 11. The van der Waals surface area contributed by atoms with Crippen molar-refractivity contribution in [3.63, 3.8) is 0 Å². The van der Waals surface area contributed by atoms with Crippen LogP contribution in [0, 0.1) is 10.1 Å². The molecule has 0 heterocycles. The van der Waals surface area contributed by atoms with E-state index in [1.54, 1.807) is 19.1 Å². The lowest BCUT2D eigenvalue weighted by molar-refractivity contribution is -0.384. The van der Waals surface area contributed by atoms with Gasteiger partial charge in [-0.25, -0.2) is 8.42 Å². The van der Waals surface area contributed by atoms with Crippen LogP contribution >= 0.6 is 0 Å². The van der Waals surface area contributed by atoms with Crippen LogP contribution in [0.15, 0.2) is 76.7 Å². The van der Waals surface area contributed by atoms with Crippen molar-refractivity contribution in [2.24, 2.45) is 5.10 Å². The van der Waals surface area contributed by atoms with Crippen molar-refractivity contribution in [1.29, 1.82) is 0 Å². The largest absolute Gasteiger partial charge is 0.497 e. The zero-order valence-corrected chi connectivity index (χ0v) is 20.0. The van der Waals surface area contributed by atoms with Crippen molar-refractivity contribution in [3.8, 4) is 11.5 Å². The van der Waals surface area contributed by atoms with E-state index in [4.69, 9.17) is 4.74 Å². The monoisotopic (exact) mass is 520 g/mol. The smallest absolute Gasteiger partial charge is 0.387 e. The Morgan fingerprint density at radius 1 is 1.06 bits per heavy atom. The Morgan fingerprint density at radius 3 is 2.25 bits per heavy atom. The topological polar surface area (TPSA) is 132 Å². The maximum Gasteiger partial charge on any atom is 0.387 e. The second-order valence-corrected chi connectivity index (χ2v) is 8.88. The second-order valence-electron chi connectivity index (χ2n) is 7.20. The summed E-state index contributed by atoms with van der Waals surface area (Å²) in [5.74, 6) is 0.515. The zero-order valence-electron chi connectivity index (χ0n) is 19.1. The molecule has 0 spiro atoms. The first-order valence-electron chi connectivity index (χ1n) is 10.5. The molecule has 0 fully saturated rings. The minimum absolute atomic E-state index is 0.0205. The van der Waals surface area contributed by atoms with Gasteiger partial charge < -0.3 is 9.47 Å². The average Bonchev–Trinajstić information content (AvgIpc) is 2.85. The van der Waals surface area contributed by atoms with Gasteiger partial charge in [-0.3, -0.25) is 20.3 Å². The maximum absolute atomic E-state index is 12.8. The summed E-state index contributed by atoms with van der Waals surface area (Å²) in [6, 6.07) is 15.2. The molecule has 3 aromatic carbocycles. The Kier molecular flexibility index (Phi) is 8.38. The summed E-state index contributed by atoms with van der Waals surface area (Å²) in [5.41, 5.74) is 3.37. The van der Waals surface area contributed by atoms with Crippen molar-refractivity contribution in [2.75, 3.05) is 17.3 Å². The van der Waals surface area contributed by atoms with Crippen molar-refractivity contribution in [3.05, 3.63) is 82.4 Å². The summed E-state index contributed by atoms with van der Waals surface area (Å²) >= 11 is 0. The quantitative estimate of drug-likeness (QED) is 0.201. The van der Waals surface area contributed by atoms with Gasteiger partial charge in [0, 0.05) is 11.8 Å². The zero-order chi connectivity index (χ0) is 26.3. The molecule has 10 nitrogen and oxygen atoms in total. The van der Waals surface area contributed by atoms with Gasteiger partial charge >= 0.3 is 6.61 Å². The van der Waals surface area contributed by atoms with E-state index in [1.807, 2.05) is 0 Å². The minimum atomic E-state index is -4.12. The normalized spacial score (nSPS) is 11.8. The highest BCUT2D eigenvalue weighted by Crippen LogP contribution is 2.29. The molecule has 0 bridgehead atoms. The fraction of sp³-hybridized carbons (Fsp3) is 0.174. The van der Waals surface area contributed by atoms with Crippen molar-refractivity contribution < 1.29 is 31.6 Å². The van der Waals surface area contributed by atoms with Crippen molar-refractivity contribution in [2.45, 2.75) is 24.9 Å². The number of hydrogen-bond acceptors (Lipinski definition) is 8. The lowest BCUT2D eigenvalue weighted by Crippen LogP contribution is -2.13. The van der Waals surface area contributed by atoms with E-state index in [2.05, 4.69) is 20.0 Å². The van der Waals surface area contributed by atoms with Crippen LogP contribution in [-0.4, -0.2) is 32.8 Å². The van der Waals surface area contributed by atoms with Crippen LogP contribution in [-0.2, 0) is 10.0 Å². The number of nitrogens with one attached hydrogen (secondary N) is 2. The van der Waals surface area contributed by atoms with Gasteiger partial charge in [-0.1, -0.05) is 6.92 Å².